The van der Waals surface area contributed by atoms with Crippen LogP contribution < -0.4 is 9.47 Å². The van der Waals surface area contributed by atoms with E-state index in [0.29, 0.717) is 5.75 Å². The second-order valence-corrected chi connectivity index (χ2v) is 3.57. The van der Waals surface area contributed by atoms with E-state index < -0.39 is 11.8 Å². The molecule has 0 saturated carbocycles. The first kappa shape index (κ1) is 12.9. The van der Waals surface area contributed by atoms with Crippen molar-refractivity contribution >= 4 is 5.97 Å². The summed E-state index contributed by atoms with van der Waals surface area (Å²) in [4.78, 5) is 10.7. The van der Waals surface area contributed by atoms with Crippen molar-refractivity contribution in [2.75, 3.05) is 14.2 Å². The van der Waals surface area contributed by atoms with E-state index in [1.807, 2.05) is 0 Å². The van der Waals surface area contributed by atoms with Crippen LogP contribution in [0.4, 0.5) is 4.39 Å². The molecule has 0 atom stereocenters. The number of aromatic nitrogens is 1. The molecule has 100 valence electrons. The highest BCUT2D eigenvalue weighted by atomic mass is 19.1. The molecule has 19 heavy (non-hydrogen) atoms. The lowest BCUT2D eigenvalue weighted by molar-refractivity contribution is 0.0652. The minimum absolute atomic E-state index is 0.0638. The highest BCUT2D eigenvalue weighted by Crippen LogP contribution is 2.34. The number of nitrogens with zero attached hydrogens (tertiary/aromatic N) is 1. The van der Waals surface area contributed by atoms with Gasteiger partial charge >= 0.3 is 5.97 Å². The van der Waals surface area contributed by atoms with Gasteiger partial charge in [0, 0.05) is 17.7 Å². The second kappa shape index (κ2) is 4.97. The molecule has 0 aliphatic carbocycles. The molecule has 0 unspecified atom stereocenters. The fourth-order valence-electron chi connectivity index (χ4n) is 1.55. The van der Waals surface area contributed by atoms with Gasteiger partial charge in [0.15, 0.2) is 11.5 Å². The summed E-state index contributed by atoms with van der Waals surface area (Å²) in [6.45, 7) is 0. The predicted molar refractivity (Wildman–Crippen MR) is 62.0 cm³/mol. The van der Waals surface area contributed by atoms with Crippen molar-refractivity contribution in [3.05, 3.63) is 29.8 Å². The molecule has 0 fully saturated rings. The maximum atomic E-state index is 13.9. The Hall–Kier alpha value is -2.57. The molecule has 7 heteroatoms. The van der Waals surface area contributed by atoms with E-state index in [9.17, 15) is 9.18 Å². The zero-order valence-corrected chi connectivity index (χ0v) is 10.1. The highest BCUT2D eigenvalue weighted by molar-refractivity contribution is 5.85. The molecule has 1 aromatic carbocycles. The first-order chi connectivity index (χ1) is 9.06. The summed E-state index contributed by atoms with van der Waals surface area (Å²) in [5.41, 5.74) is 0.129. The van der Waals surface area contributed by atoms with Crippen molar-refractivity contribution in [3.63, 3.8) is 0 Å². The fourth-order valence-corrected chi connectivity index (χ4v) is 1.55. The number of ether oxygens (including phenoxy) is 2. The number of rotatable bonds is 4. The van der Waals surface area contributed by atoms with Crippen LogP contribution in [0.15, 0.2) is 22.7 Å². The smallest absolute Gasteiger partial charge is 0.374 e. The summed E-state index contributed by atoms with van der Waals surface area (Å²) in [6.07, 6.45) is 0. The molecular formula is C12H10FNO5. The Balaban J connectivity index is 2.51. The number of benzene rings is 1. The molecule has 0 amide bonds. The Morgan fingerprint density at radius 1 is 1.26 bits per heavy atom. The molecule has 1 heterocycles. The van der Waals surface area contributed by atoms with Crippen molar-refractivity contribution in [1.29, 1.82) is 0 Å². The zero-order valence-electron chi connectivity index (χ0n) is 10.1. The Morgan fingerprint density at radius 3 is 2.42 bits per heavy atom. The van der Waals surface area contributed by atoms with Gasteiger partial charge in [0.05, 0.1) is 14.2 Å². The Morgan fingerprint density at radius 2 is 1.89 bits per heavy atom. The van der Waals surface area contributed by atoms with Crippen LogP contribution in [-0.2, 0) is 0 Å². The molecule has 0 spiro atoms. The molecule has 0 bridgehead atoms. The van der Waals surface area contributed by atoms with Gasteiger partial charge in [-0.1, -0.05) is 5.16 Å². The first-order valence-electron chi connectivity index (χ1n) is 5.18. The van der Waals surface area contributed by atoms with Crippen LogP contribution in [-0.4, -0.2) is 30.5 Å². The Labute approximate surface area is 107 Å². The maximum absolute atomic E-state index is 13.9. The molecule has 0 aliphatic heterocycles. The van der Waals surface area contributed by atoms with E-state index >= 15 is 0 Å². The van der Waals surface area contributed by atoms with E-state index in [0.717, 1.165) is 12.1 Å². The van der Waals surface area contributed by atoms with Crippen molar-refractivity contribution in [2.24, 2.45) is 0 Å². The summed E-state index contributed by atoms with van der Waals surface area (Å²) in [6, 6.07) is 3.62. The molecule has 1 N–H and O–H groups in total. The molecule has 6 nitrogen and oxygen atoms in total. The number of aromatic carboxylic acids is 1. The molecule has 0 radical (unpaired) electrons. The number of hydrogen-bond donors (Lipinski definition) is 1. The van der Waals surface area contributed by atoms with E-state index in [2.05, 4.69) is 9.68 Å². The third kappa shape index (κ3) is 2.35. The maximum Gasteiger partial charge on any atom is 0.374 e. The lowest BCUT2D eigenvalue weighted by Crippen LogP contribution is -1.94. The van der Waals surface area contributed by atoms with Crippen molar-refractivity contribution in [3.8, 4) is 22.8 Å². The monoisotopic (exact) mass is 267 g/mol. The summed E-state index contributed by atoms with van der Waals surface area (Å²) in [5, 5.41) is 12.2. The minimum atomic E-state index is -1.28. The Kier molecular flexibility index (Phi) is 3.37. The first-order valence-corrected chi connectivity index (χ1v) is 5.18. The topological polar surface area (TPSA) is 81.8 Å². The van der Waals surface area contributed by atoms with Crippen molar-refractivity contribution in [2.45, 2.75) is 0 Å². The van der Waals surface area contributed by atoms with Crippen molar-refractivity contribution in [1.82, 2.24) is 5.16 Å². The average molecular weight is 267 g/mol. The largest absolute Gasteiger partial charge is 0.493 e. The van der Waals surface area contributed by atoms with E-state index in [1.54, 1.807) is 0 Å². The number of methoxy groups -OCH3 is 2. The summed E-state index contributed by atoms with van der Waals surface area (Å²) < 4.78 is 28.5. The van der Waals surface area contributed by atoms with E-state index in [1.165, 1.54) is 20.3 Å². The SMILES string of the molecule is COc1cc(F)c(-c2cc(C(=O)O)on2)cc1OC. The number of carbonyl (C=O) groups is 1. The van der Waals surface area contributed by atoms with E-state index in [-0.39, 0.29) is 22.8 Å². The van der Waals surface area contributed by atoms with Gasteiger partial charge in [-0.3, -0.25) is 0 Å². The quantitative estimate of drug-likeness (QED) is 0.914. The van der Waals surface area contributed by atoms with Crippen molar-refractivity contribution < 1.29 is 28.3 Å². The number of halogens is 1. The number of hydrogen-bond acceptors (Lipinski definition) is 5. The van der Waals surface area contributed by atoms with Gasteiger partial charge in [-0.25, -0.2) is 9.18 Å². The lowest BCUT2D eigenvalue weighted by atomic mass is 10.1. The average Bonchev–Trinajstić information content (AvgIpc) is 2.87. The van der Waals surface area contributed by atoms with Crippen LogP contribution in [0.5, 0.6) is 11.5 Å². The standard InChI is InChI=1S/C12H10FNO5/c1-17-9-3-6(7(13)4-10(9)18-2)8-5-11(12(15)16)19-14-8/h3-5H,1-2H3,(H,15,16). The molecule has 0 aliphatic rings. The molecule has 1 aromatic heterocycles. The third-order valence-corrected chi connectivity index (χ3v) is 2.47. The van der Waals surface area contributed by atoms with Crippen LogP contribution in [0.2, 0.25) is 0 Å². The molecule has 2 aromatic rings. The number of carboxylic acid groups (broad SMARTS) is 1. The highest BCUT2D eigenvalue weighted by Gasteiger charge is 2.18. The van der Waals surface area contributed by atoms with Crippen LogP contribution in [0.25, 0.3) is 11.3 Å². The summed E-state index contributed by atoms with van der Waals surface area (Å²) >= 11 is 0. The van der Waals surface area contributed by atoms with Gasteiger partial charge in [0.2, 0.25) is 5.76 Å². The molecular weight excluding hydrogens is 257 g/mol. The normalized spacial score (nSPS) is 10.3. The van der Waals surface area contributed by atoms with Gasteiger partial charge in [0.1, 0.15) is 11.5 Å². The van der Waals surface area contributed by atoms with E-state index in [4.69, 9.17) is 14.6 Å². The van der Waals surface area contributed by atoms with Gasteiger partial charge < -0.3 is 19.1 Å². The van der Waals surface area contributed by atoms with Crippen LogP contribution in [0.1, 0.15) is 10.6 Å². The molecule has 0 saturated heterocycles. The lowest BCUT2D eigenvalue weighted by Gasteiger charge is -2.09. The number of carboxylic acids is 1. The summed E-state index contributed by atoms with van der Waals surface area (Å²) in [7, 11) is 2.79. The van der Waals surface area contributed by atoms with Gasteiger partial charge in [-0.2, -0.15) is 0 Å². The van der Waals surface area contributed by atoms with Gasteiger partial charge in [-0.05, 0) is 6.07 Å². The Bertz CT molecular complexity index is 623. The summed E-state index contributed by atoms with van der Waals surface area (Å²) in [5.74, 6) is -1.74. The minimum Gasteiger partial charge on any atom is -0.493 e. The fraction of sp³-hybridized carbons (Fsp3) is 0.167. The molecule has 2 rings (SSSR count). The second-order valence-electron chi connectivity index (χ2n) is 3.57. The predicted octanol–water partition coefficient (Wildman–Crippen LogP) is 2.20. The van der Waals surface area contributed by atoms with Crippen LogP contribution >= 0.6 is 0 Å². The van der Waals surface area contributed by atoms with Gasteiger partial charge in [0.25, 0.3) is 0 Å². The van der Waals surface area contributed by atoms with Crippen LogP contribution in [0, 0.1) is 5.82 Å². The zero-order chi connectivity index (χ0) is 14.0. The van der Waals surface area contributed by atoms with Crippen LogP contribution in [0.3, 0.4) is 0 Å². The third-order valence-electron chi connectivity index (χ3n) is 2.47. The van der Waals surface area contributed by atoms with Gasteiger partial charge in [-0.15, -0.1) is 0 Å².